The summed E-state index contributed by atoms with van der Waals surface area (Å²) in [6.07, 6.45) is 0.646. The first-order valence-corrected chi connectivity index (χ1v) is 8.30. The minimum atomic E-state index is -0.674. The fourth-order valence-corrected chi connectivity index (χ4v) is 3.79. The summed E-state index contributed by atoms with van der Waals surface area (Å²) in [5, 5.41) is 0.405. The fraction of sp³-hybridized carbons (Fsp3) is 0.250. The third-order valence-electron chi connectivity index (χ3n) is 4.17. The van der Waals surface area contributed by atoms with E-state index in [2.05, 4.69) is 25.9 Å². The number of benzene rings is 1. The smallest absolute Gasteiger partial charge is 0.283 e. The van der Waals surface area contributed by atoms with Crippen molar-refractivity contribution in [1.82, 2.24) is 4.98 Å². The maximum absolute atomic E-state index is 6.19. The first-order chi connectivity index (χ1) is 11.0. The summed E-state index contributed by atoms with van der Waals surface area (Å²) in [6.45, 7) is 2.34. The van der Waals surface area contributed by atoms with Gasteiger partial charge in [-0.15, -0.1) is 0 Å². The van der Waals surface area contributed by atoms with E-state index in [1.54, 1.807) is 6.07 Å². The van der Waals surface area contributed by atoms with Crippen LogP contribution in [0, 0.1) is 6.92 Å². The van der Waals surface area contributed by atoms with Gasteiger partial charge in [-0.25, -0.2) is 9.98 Å². The summed E-state index contributed by atoms with van der Waals surface area (Å²) in [4.78, 5) is 8.96. The van der Waals surface area contributed by atoms with Crippen LogP contribution in [0.25, 0.3) is 0 Å². The average Bonchev–Trinajstić information content (AvgIpc) is 2.50. The standard InChI is InChI=1S/C16H13BrClN3O2/c1-8-14-11(7-13(18)20-8)16(4-5-22-15(19)21-16)10-6-9(17)2-3-12(10)23-14/h2-3,6-7H,4-5H2,1H3,(H2,19,21). The number of aryl methyl sites for hydroxylation is 1. The first-order valence-electron chi connectivity index (χ1n) is 7.13. The van der Waals surface area contributed by atoms with Crippen molar-refractivity contribution in [2.24, 2.45) is 10.7 Å². The number of hydrogen-bond acceptors (Lipinski definition) is 5. The lowest BCUT2D eigenvalue weighted by Gasteiger charge is -2.39. The molecule has 1 aromatic heterocycles. The second kappa shape index (κ2) is 5.11. The Labute approximate surface area is 146 Å². The van der Waals surface area contributed by atoms with Crippen molar-refractivity contribution >= 4 is 33.6 Å². The molecule has 0 fully saturated rings. The van der Waals surface area contributed by atoms with Gasteiger partial charge in [0.1, 0.15) is 16.4 Å². The highest BCUT2D eigenvalue weighted by molar-refractivity contribution is 9.10. The van der Waals surface area contributed by atoms with Crippen LogP contribution in [0.4, 0.5) is 0 Å². The molecule has 2 aliphatic rings. The fourth-order valence-electron chi connectivity index (χ4n) is 3.20. The maximum Gasteiger partial charge on any atom is 0.283 e. The molecule has 1 unspecified atom stereocenters. The van der Waals surface area contributed by atoms with E-state index in [0.717, 1.165) is 27.0 Å². The molecule has 2 aromatic rings. The minimum Gasteiger partial charge on any atom is -0.465 e. The Morgan fingerprint density at radius 1 is 1.30 bits per heavy atom. The number of aliphatic imine (C=N–C) groups is 1. The topological polar surface area (TPSA) is 69.7 Å². The van der Waals surface area contributed by atoms with Gasteiger partial charge in [-0.05, 0) is 31.2 Å². The van der Waals surface area contributed by atoms with E-state index < -0.39 is 5.54 Å². The number of halogens is 2. The maximum atomic E-state index is 6.19. The molecule has 1 aromatic carbocycles. The van der Waals surface area contributed by atoms with Crippen molar-refractivity contribution in [2.75, 3.05) is 6.61 Å². The molecule has 2 aliphatic heterocycles. The van der Waals surface area contributed by atoms with Gasteiger partial charge in [0, 0.05) is 22.0 Å². The third kappa shape index (κ3) is 2.20. The molecule has 0 saturated heterocycles. The summed E-state index contributed by atoms with van der Waals surface area (Å²) in [5.41, 5.74) is 7.75. The Morgan fingerprint density at radius 3 is 2.91 bits per heavy atom. The molecule has 23 heavy (non-hydrogen) atoms. The van der Waals surface area contributed by atoms with Crippen LogP contribution in [-0.4, -0.2) is 17.6 Å². The number of ether oxygens (including phenoxy) is 2. The predicted molar refractivity (Wildman–Crippen MR) is 91.2 cm³/mol. The van der Waals surface area contributed by atoms with E-state index >= 15 is 0 Å². The Hall–Kier alpha value is -1.79. The van der Waals surface area contributed by atoms with E-state index in [1.165, 1.54) is 0 Å². The van der Waals surface area contributed by atoms with Crippen LogP contribution in [0.15, 0.2) is 33.7 Å². The van der Waals surface area contributed by atoms with E-state index in [1.807, 2.05) is 25.1 Å². The molecular weight excluding hydrogens is 382 g/mol. The average molecular weight is 395 g/mol. The number of fused-ring (bicyclic) bond motifs is 4. The number of rotatable bonds is 0. The first kappa shape index (κ1) is 14.8. The number of pyridine rings is 1. The van der Waals surface area contributed by atoms with Crippen LogP contribution in [0.3, 0.4) is 0 Å². The zero-order valence-electron chi connectivity index (χ0n) is 12.3. The van der Waals surface area contributed by atoms with E-state index in [-0.39, 0.29) is 6.02 Å². The van der Waals surface area contributed by atoms with E-state index in [9.17, 15) is 0 Å². The lowest BCUT2D eigenvalue weighted by Crippen LogP contribution is -2.38. The summed E-state index contributed by atoms with van der Waals surface area (Å²) in [6, 6.07) is 7.82. The lowest BCUT2D eigenvalue weighted by molar-refractivity contribution is 0.219. The largest absolute Gasteiger partial charge is 0.465 e. The van der Waals surface area contributed by atoms with Crippen LogP contribution in [-0.2, 0) is 10.3 Å². The molecule has 4 rings (SSSR count). The molecule has 0 saturated carbocycles. The van der Waals surface area contributed by atoms with Crippen molar-refractivity contribution in [3.63, 3.8) is 0 Å². The van der Waals surface area contributed by atoms with Crippen molar-refractivity contribution in [2.45, 2.75) is 18.9 Å². The van der Waals surface area contributed by atoms with Gasteiger partial charge in [0.2, 0.25) is 0 Å². The van der Waals surface area contributed by atoms with Crippen LogP contribution in [0.2, 0.25) is 5.15 Å². The summed E-state index contributed by atoms with van der Waals surface area (Å²) >= 11 is 9.71. The van der Waals surface area contributed by atoms with Gasteiger partial charge in [-0.3, -0.25) is 0 Å². The van der Waals surface area contributed by atoms with Gasteiger partial charge < -0.3 is 15.2 Å². The molecule has 2 N–H and O–H groups in total. The van der Waals surface area contributed by atoms with Gasteiger partial charge in [0.25, 0.3) is 6.02 Å². The third-order valence-corrected chi connectivity index (χ3v) is 4.86. The Morgan fingerprint density at radius 2 is 2.13 bits per heavy atom. The van der Waals surface area contributed by atoms with Crippen molar-refractivity contribution in [3.8, 4) is 11.5 Å². The summed E-state index contributed by atoms with van der Waals surface area (Å²) < 4.78 is 12.4. The SMILES string of the molecule is Cc1nc(Cl)cc2c1Oc1ccc(Br)cc1C21CCOC(N)=N1. The summed E-state index contributed by atoms with van der Waals surface area (Å²) in [7, 11) is 0. The molecule has 118 valence electrons. The highest BCUT2D eigenvalue weighted by Crippen LogP contribution is 2.53. The zero-order chi connectivity index (χ0) is 16.2. The zero-order valence-corrected chi connectivity index (χ0v) is 14.6. The highest BCUT2D eigenvalue weighted by atomic mass is 79.9. The van der Waals surface area contributed by atoms with E-state index in [4.69, 9.17) is 26.8 Å². The van der Waals surface area contributed by atoms with Gasteiger partial charge in [0.15, 0.2) is 5.75 Å². The number of nitrogens with zero attached hydrogens (tertiary/aromatic N) is 2. The minimum absolute atomic E-state index is 0.167. The number of amidine groups is 1. The second-order valence-electron chi connectivity index (χ2n) is 5.56. The van der Waals surface area contributed by atoms with Crippen molar-refractivity contribution in [3.05, 3.63) is 50.7 Å². The monoisotopic (exact) mass is 393 g/mol. The number of aromatic nitrogens is 1. The molecule has 7 heteroatoms. The number of hydrogen-bond donors (Lipinski definition) is 1. The number of nitrogens with two attached hydrogens (primary N) is 1. The molecule has 0 amide bonds. The lowest BCUT2D eigenvalue weighted by atomic mass is 9.78. The van der Waals surface area contributed by atoms with Crippen LogP contribution in [0.5, 0.6) is 11.5 Å². The van der Waals surface area contributed by atoms with Gasteiger partial charge in [-0.2, -0.15) is 0 Å². The Balaban J connectivity index is 2.08. The van der Waals surface area contributed by atoms with Crippen LogP contribution in [0.1, 0.15) is 23.2 Å². The van der Waals surface area contributed by atoms with Gasteiger partial charge in [-0.1, -0.05) is 27.5 Å². The normalized spacial score (nSPS) is 21.8. The molecule has 1 atom stereocenters. The Kier molecular flexibility index (Phi) is 3.28. The molecule has 1 spiro atoms. The van der Waals surface area contributed by atoms with Crippen molar-refractivity contribution in [1.29, 1.82) is 0 Å². The van der Waals surface area contributed by atoms with Crippen molar-refractivity contribution < 1.29 is 9.47 Å². The molecule has 3 heterocycles. The molecule has 5 nitrogen and oxygen atoms in total. The molecule has 0 radical (unpaired) electrons. The van der Waals surface area contributed by atoms with Crippen LogP contribution >= 0.6 is 27.5 Å². The molecule has 0 bridgehead atoms. The second-order valence-corrected chi connectivity index (χ2v) is 6.86. The summed E-state index contributed by atoms with van der Waals surface area (Å²) in [5.74, 6) is 1.43. The van der Waals surface area contributed by atoms with Gasteiger partial charge >= 0.3 is 0 Å². The Bertz CT molecular complexity index is 855. The predicted octanol–water partition coefficient (Wildman–Crippen LogP) is 3.89. The molecular formula is C16H13BrClN3O2. The highest BCUT2D eigenvalue weighted by Gasteiger charge is 2.45. The quantitative estimate of drug-likeness (QED) is 0.688. The van der Waals surface area contributed by atoms with Gasteiger partial charge in [0.05, 0.1) is 12.3 Å². The molecule has 0 aliphatic carbocycles. The van der Waals surface area contributed by atoms with E-state index in [0.29, 0.717) is 23.9 Å². The van der Waals surface area contributed by atoms with Crippen LogP contribution < -0.4 is 10.5 Å².